The molecule has 0 radical (unpaired) electrons. The molecule has 0 aliphatic rings. The fourth-order valence-corrected chi connectivity index (χ4v) is 3.80. The Morgan fingerprint density at radius 1 is 0.971 bits per heavy atom. The van der Waals surface area contributed by atoms with E-state index >= 15 is 0 Å². The van der Waals surface area contributed by atoms with Crippen molar-refractivity contribution in [2.24, 2.45) is 0 Å². The van der Waals surface area contributed by atoms with Gasteiger partial charge < -0.3 is 15.2 Å². The summed E-state index contributed by atoms with van der Waals surface area (Å²) in [6.45, 7) is 1.97. The van der Waals surface area contributed by atoms with E-state index in [1.165, 1.54) is 0 Å². The molecular formula is C28H24N4O2. The Bertz CT molecular complexity index is 1380. The molecule has 6 heteroatoms. The van der Waals surface area contributed by atoms with Crippen molar-refractivity contribution in [1.82, 2.24) is 9.88 Å². The summed E-state index contributed by atoms with van der Waals surface area (Å²) in [6.07, 6.45) is 3.36. The number of aromatic nitrogens is 1. The number of rotatable bonds is 7. The molecule has 4 aromatic rings. The van der Waals surface area contributed by atoms with Gasteiger partial charge in [-0.3, -0.25) is 9.59 Å². The number of nitriles is 1. The summed E-state index contributed by atoms with van der Waals surface area (Å²) >= 11 is 0. The molecule has 2 amide bonds. The smallest absolute Gasteiger partial charge is 0.262 e. The summed E-state index contributed by atoms with van der Waals surface area (Å²) in [6, 6.07) is 28.2. The summed E-state index contributed by atoms with van der Waals surface area (Å²) in [7, 11) is 0. The van der Waals surface area contributed by atoms with E-state index in [4.69, 9.17) is 0 Å². The van der Waals surface area contributed by atoms with Gasteiger partial charge in [0.15, 0.2) is 0 Å². The summed E-state index contributed by atoms with van der Waals surface area (Å²) in [4.78, 5) is 25.4. The molecule has 4 rings (SSSR count). The SMILES string of the molecule is C[C@H](NC(=O)/C(C#N)=C\c1cn(CC(=O)Nc2ccccc2)c2ccccc12)c1ccccc1. The van der Waals surface area contributed by atoms with Crippen LogP contribution in [0.15, 0.2) is 96.7 Å². The maximum absolute atomic E-state index is 12.8. The van der Waals surface area contributed by atoms with Crippen LogP contribution in [0.2, 0.25) is 0 Å². The second-order valence-electron chi connectivity index (χ2n) is 7.92. The largest absolute Gasteiger partial charge is 0.345 e. The lowest BCUT2D eigenvalue weighted by Crippen LogP contribution is -2.27. The number of anilines is 1. The predicted octanol–water partition coefficient (Wildman–Crippen LogP) is 5.06. The number of carbonyl (C=O) groups is 2. The molecule has 0 unspecified atom stereocenters. The van der Waals surface area contributed by atoms with E-state index < -0.39 is 5.91 Å². The zero-order valence-corrected chi connectivity index (χ0v) is 18.7. The molecule has 0 fully saturated rings. The molecule has 0 aliphatic heterocycles. The first kappa shape index (κ1) is 22.6. The molecule has 0 saturated heterocycles. The molecule has 1 aromatic heterocycles. The highest BCUT2D eigenvalue weighted by Gasteiger charge is 2.16. The van der Waals surface area contributed by atoms with Gasteiger partial charge in [0.25, 0.3) is 5.91 Å². The third-order valence-electron chi connectivity index (χ3n) is 5.50. The first-order chi connectivity index (χ1) is 16.5. The van der Waals surface area contributed by atoms with Crippen LogP contribution in [0.4, 0.5) is 5.69 Å². The molecular weight excluding hydrogens is 424 g/mol. The second-order valence-corrected chi connectivity index (χ2v) is 7.92. The lowest BCUT2D eigenvalue weighted by molar-refractivity contribution is -0.118. The molecule has 6 nitrogen and oxygen atoms in total. The average molecular weight is 449 g/mol. The molecule has 0 bridgehead atoms. The van der Waals surface area contributed by atoms with Crippen molar-refractivity contribution in [3.63, 3.8) is 0 Å². The van der Waals surface area contributed by atoms with Crippen LogP contribution in [0.5, 0.6) is 0 Å². The number of fused-ring (bicyclic) bond motifs is 1. The van der Waals surface area contributed by atoms with Crippen LogP contribution in [0, 0.1) is 11.3 Å². The van der Waals surface area contributed by atoms with Crippen molar-refractivity contribution in [3.8, 4) is 6.07 Å². The highest BCUT2D eigenvalue weighted by Crippen LogP contribution is 2.24. The minimum absolute atomic E-state index is 0.000536. The Hall–Kier alpha value is -4.63. The van der Waals surface area contributed by atoms with Gasteiger partial charge in [-0.1, -0.05) is 66.7 Å². The van der Waals surface area contributed by atoms with E-state index in [-0.39, 0.29) is 24.1 Å². The highest BCUT2D eigenvalue weighted by molar-refractivity contribution is 6.04. The number of para-hydroxylation sites is 2. The Balaban J connectivity index is 1.57. The van der Waals surface area contributed by atoms with Crippen molar-refractivity contribution < 1.29 is 9.59 Å². The zero-order valence-electron chi connectivity index (χ0n) is 18.7. The van der Waals surface area contributed by atoms with Crippen molar-refractivity contribution in [2.75, 3.05) is 5.32 Å². The van der Waals surface area contributed by atoms with Gasteiger partial charge in [0, 0.05) is 28.4 Å². The maximum Gasteiger partial charge on any atom is 0.262 e. The van der Waals surface area contributed by atoms with Gasteiger partial charge in [0.2, 0.25) is 5.91 Å². The van der Waals surface area contributed by atoms with Crippen molar-refractivity contribution >= 4 is 34.5 Å². The third kappa shape index (κ3) is 5.22. The van der Waals surface area contributed by atoms with Crippen LogP contribution in [0.1, 0.15) is 24.1 Å². The maximum atomic E-state index is 12.8. The zero-order chi connectivity index (χ0) is 23.9. The normalized spacial score (nSPS) is 12.1. The molecule has 1 atom stereocenters. The summed E-state index contributed by atoms with van der Waals surface area (Å²) < 4.78 is 1.82. The number of nitrogens with zero attached hydrogens (tertiary/aromatic N) is 2. The fourth-order valence-electron chi connectivity index (χ4n) is 3.80. The van der Waals surface area contributed by atoms with E-state index in [2.05, 4.69) is 10.6 Å². The molecule has 34 heavy (non-hydrogen) atoms. The fraction of sp³-hybridized carbons (Fsp3) is 0.107. The van der Waals surface area contributed by atoms with Crippen LogP contribution < -0.4 is 10.6 Å². The molecule has 168 valence electrons. The minimum atomic E-state index is -0.447. The third-order valence-corrected chi connectivity index (χ3v) is 5.50. The molecule has 0 spiro atoms. The van der Waals surface area contributed by atoms with E-state index in [9.17, 15) is 14.9 Å². The first-order valence-corrected chi connectivity index (χ1v) is 11.0. The van der Waals surface area contributed by atoms with Gasteiger partial charge in [-0.05, 0) is 36.8 Å². The Morgan fingerprint density at radius 2 is 1.62 bits per heavy atom. The van der Waals surface area contributed by atoms with Crippen LogP contribution in [0.3, 0.4) is 0 Å². The Morgan fingerprint density at radius 3 is 2.32 bits per heavy atom. The number of carbonyl (C=O) groups excluding carboxylic acids is 2. The van der Waals surface area contributed by atoms with Gasteiger partial charge in [0.1, 0.15) is 18.2 Å². The van der Waals surface area contributed by atoms with E-state index in [0.29, 0.717) is 5.56 Å². The highest BCUT2D eigenvalue weighted by atomic mass is 16.2. The molecule has 3 aromatic carbocycles. The van der Waals surface area contributed by atoms with Crippen molar-refractivity contribution in [3.05, 3.63) is 108 Å². The quantitative estimate of drug-likeness (QED) is 0.306. The Labute approximate surface area is 198 Å². The summed E-state index contributed by atoms with van der Waals surface area (Å²) in [5.74, 6) is -0.616. The first-order valence-electron chi connectivity index (χ1n) is 11.0. The van der Waals surface area contributed by atoms with Gasteiger partial charge in [-0.15, -0.1) is 0 Å². The average Bonchev–Trinajstić information content (AvgIpc) is 3.20. The van der Waals surface area contributed by atoms with Crippen LogP contribution in [-0.4, -0.2) is 16.4 Å². The number of nitrogens with one attached hydrogen (secondary N) is 2. The number of hydrogen-bond donors (Lipinski definition) is 2. The van der Waals surface area contributed by atoms with Gasteiger partial charge in [0.05, 0.1) is 6.04 Å². The lowest BCUT2D eigenvalue weighted by atomic mass is 10.1. The molecule has 2 N–H and O–H groups in total. The van der Waals surface area contributed by atoms with Crippen LogP contribution in [0.25, 0.3) is 17.0 Å². The van der Waals surface area contributed by atoms with E-state index in [0.717, 1.165) is 22.2 Å². The van der Waals surface area contributed by atoms with Crippen LogP contribution in [-0.2, 0) is 16.1 Å². The topological polar surface area (TPSA) is 86.9 Å². The number of amides is 2. The lowest BCUT2D eigenvalue weighted by Gasteiger charge is -2.13. The molecule has 1 heterocycles. The van der Waals surface area contributed by atoms with Gasteiger partial charge in [-0.2, -0.15) is 5.26 Å². The van der Waals surface area contributed by atoms with Crippen molar-refractivity contribution in [2.45, 2.75) is 19.5 Å². The number of hydrogen-bond acceptors (Lipinski definition) is 3. The van der Waals surface area contributed by atoms with Crippen molar-refractivity contribution in [1.29, 1.82) is 5.26 Å². The number of benzene rings is 3. The van der Waals surface area contributed by atoms with E-state index in [1.807, 2.05) is 102 Å². The van der Waals surface area contributed by atoms with Gasteiger partial charge in [-0.25, -0.2) is 0 Å². The van der Waals surface area contributed by atoms with Crippen LogP contribution >= 0.6 is 0 Å². The monoisotopic (exact) mass is 448 g/mol. The predicted molar refractivity (Wildman–Crippen MR) is 134 cm³/mol. The standard InChI is InChI=1S/C28H24N4O2/c1-20(21-10-4-2-5-11-21)30-28(34)22(17-29)16-23-18-32(26-15-9-8-14-25(23)26)19-27(33)31-24-12-6-3-7-13-24/h2-16,18,20H,19H2,1H3,(H,30,34)(H,31,33)/b22-16-/t20-/m0/s1. The van der Waals surface area contributed by atoms with E-state index in [1.54, 1.807) is 12.3 Å². The molecule has 0 aliphatic carbocycles. The Kier molecular flexibility index (Phi) is 6.85. The van der Waals surface area contributed by atoms with Gasteiger partial charge >= 0.3 is 0 Å². The summed E-state index contributed by atoms with van der Waals surface area (Å²) in [5.41, 5.74) is 3.21. The second kappa shape index (κ2) is 10.3. The summed E-state index contributed by atoms with van der Waals surface area (Å²) in [5, 5.41) is 16.3. The minimum Gasteiger partial charge on any atom is -0.345 e. The molecule has 0 saturated carbocycles.